The Hall–Kier alpha value is -1.90. The third-order valence-electron chi connectivity index (χ3n) is 5.39. The number of benzene rings is 2. The molecule has 6 heteroatoms. The molecule has 31 heavy (non-hydrogen) atoms. The summed E-state index contributed by atoms with van der Waals surface area (Å²) in [5.74, 6) is 1.24. The van der Waals surface area contributed by atoms with Gasteiger partial charge in [0.05, 0.1) is 7.11 Å². The van der Waals surface area contributed by atoms with E-state index in [0.717, 1.165) is 31.1 Å². The lowest BCUT2D eigenvalue weighted by molar-refractivity contribution is -0.131. The van der Waals surface area contributed by atoms with Gasteiger partial charge in [-0.15, -0.1) is 0 Å². The van der Waals surface area contributed by atoms with Crippen molar-refractivity contribution in [3.63, 3.8) is 0 Å². The number of ether oxygens (including phenoxy) is 2. The van der Waals surface area contributed by atoms with Crippen molar-refractivity contribution in [3.05, 3.63) is 59.7 Å². The fourth-order valence-electron chi connectivity index (χ4n) is 3.97. The molecule has 0 amide bonds. The van der Waals surface area contributed by atoms with Crippen LogP contribution in [0.4, 0.5) is 0 Å². The normalized spacial score (nSPS) is 11.9. The average molecular weight is 459 g/mol. The van der Waals surface area contributed by atoms with Gasteiger partial charge in [-0.1, -0.05) is 24.3 Å². The van der Waals surface area contributed by atoms with Crippen LogP contribution in [0.2, 0.25) is 38.3 Å². The van der Waals surface area contributed by atoms with Crippen LogP contribution in [0.25, 0.3) is 0 Å². The monoisotopic (exact) mass is 458 g/mol. The van der Waals surface area contributed by atoms with Crippen LogP contribution in [0.15, 0.2) is 48.5 Å². The Morgan fingerprint density at radius 2 is 1.16 bits per heavy atom. The van der Waals surface area contributed by atoms with Crippen molar-refractivity contribution in [2.75, 3.05) is 7.11 Å². The summed E-state index contributed by atoms with van der Waals surface area (Å²) in [7, 11) is -1.66. The molecular weight excluding hydrogens is 420 g/mol. The SMILES string of the molecule is COc1ccc(CCC[Si](C)(C)O[Si](C)(C)CCCc2ccc(OC(C)=O)cc2)cc1. The molecule has 0 aromatic heterocycles. The maximum atomic E-state index is 11.0. The second-order valence-electron chi connectivity index (χ2n) is 9.41. The number of rotatable bonds is 12. The fourth-order valence-corrected chi connectivity index (χ4v) is 12.8. The summed E-state index contributed by atoms with van der Waals surface area (Å²) in [5, 5.41) is 0. The predicted octanol–water partition coefficient (Wildman–Crippen LogP) is 6.61. The molecule has 0 radical (unpaired) electrons. The number of hydrogen-bond acceptors (Lipinski definition) is 4. The minimum absolute atomic E-state index is 0.284. The Bertz CT molecular complexity index is 814. The minimum Gasteiger partial charge on any atom is -0.497 e. The molecule has 0 saturated carbocycles. The van der Waals surface area contributed by atoms with Crippen molar-refractivity contribution in [2.24, 2.45) is 0 Å². The lowest BCUT2D eigenvalue weighted by atomic mass is 10.1. The molecule has 0 spiro atoms. The van der Waals surface area contributed by atoms with E-state index in [4.69, 9.17) is 13.6 Å². The van der Waals surface area contributed by atoms with E-state index in [1.54, 1.807) is 7.11 Å². The lowest BCUT2D eigenvalue weighted by Crippen LogP contribution is -2.44. The van der Waals surface area contributed by atoms with Crippen molar-refractivity contribution < 1.29 is 18.4 Å². The zero-order valence-electron chi connectivity index (χ0n) is 20.0. The largest absolute Gasteiger partial charge is 0.497 e. The van der Waals surface area contributed by atoms with Gasteiger partial charge in [0.1, 0.15) is 11.5 Å². The standard InChI is InChI=1S/C25H38O4Si2/c1-21(26)28-25-17-13-23(14-18-25)10-8-20-31(5,6)29-30(3,4)19-7-9-22-11-15-24(27-2)16-12-22/h11-18H,7-10,19-20H2,1-6H3. The number of carbonyl (C=O) groups is 1. The van der Waals surface area contributed by atoms with Gasteiger partial charge in [-0.25, -0.2) is 0 Å². The molecule has 0 fully saturated rings. The Kier molecular flexibility index (Phi) is 9.53. The highest BCUT2D eigenvalue weighted by Gasteiger charge is 2.32. The zero-order valence-corrected chi connectivity index (χ0v) is 22.0. The van der Waals surface area contributed by atoms with Crippen LogP contribution < -0.4 is 9.47 Å². The molecule has 4 nitrogen and oxygen atoms in total. The van der Waals surface area contributed by atoms with E-state index in [1.807, 2.05) is 36.4 Å². The van der Waals surface area contributed by atoms with Gasteiger partial charge in [-0.05, 0) is 99.4 Å². The Morgan fingerprint density at radius 1 is 0.742 bits per heavy atom. The van der Waals surface area contributed by atoms with Crippen LogP contribution in [-0.4, -0.2) is 29.7 Å². The maximum Gasteiger partial charge on any atom is 0.308 e. The van der Waals surface area contributed by atoms with Crippen LogP contribution in [0, 0.1) is 0 Å². The van der Waals surface area contributed by atoms with Gasteiger partial charge < -0.3 is 13.6 Å². The molecule has 170 valence electrons. The zero-order chi connectivity index (χ0) is 22.9. The Morgan fingerprint density at radius 3 is 1.55 bits per heavy atom. The molecule has 2 rings (SSSR count). The Balaban J connectivity index is 1.74. The van der Waals surface area contributed by atoms with Crippen molar-refractivity contribution >= 4 is 22.6 Å². The van der Waals surface area contributed by atoms with E-state index in [2.05, 4.69) is 38.3 Å². The third kappa shape index (κ3) is 9.85. The van der Waals surface area contributed by atoms with Gasteiger partial charge in [0.25, 0.3) is 0 Å². The molecule has 0 aliphatic rings. The molecule has 0 N–H and O–H groups in total. The van der Waals surface area contributed by atoms with Crippen molar-refractivity contribution in [3.8, 4) is 11.5 Å². The van der Waals surface area contributed by atoms with E-state index in [-0.39, 0.29) is 5.97 Å². The number of carbonyl (C=O) groups excluding carboxylic acids is 1. The second-order valence-corrected chi connectivity index (χ2v) is 18.3. The number of esters is 1. The second kappa shape index (κ2) is 11.6. The fraction of sp³-hybridized carbons (Fsp3) is 0.480. The molecule has 0 saturated heterocycles. The maximum absolute atomic E-state index is 11.0. The molecule has 0 unspecified atom stereocenters. The first kappa shape index (κ1) is 25.4. The molecule has 0 aliphatic carbocycles. The third-order valence-corrected chi connectivity index (χ3v) is 12.9. The van der Waals surface area contributed by atoms with Crippen LogP contribution in [-0.2, 0) is 21.8 Å². The smallest absolute Gasteiger partial charge is 0.308 e. The Labute approximate surface area is 190 Å². The van der Waals surface area contributed by atoms with Crippen LogP contribution >= 0.6 is 0 Å². The summed E-state index contributed by atoms with van der Waals surface area (Å²) >= 11 is 0. The van der Waals surface area contributed by atoms with Gasteiger partial charge >= 0.3 is 5.97 Å². The first-order valence-electron chi connectivity index (χ1n) is 11.2. The number of methoxy groups -OCH3 is 1. The molecule has 0 aliphatic heterocycles. The van der Waals surface area contributed by atoms with E-state index >= 15 is 0 Å². The highest BCUT2D eigenvalue weighted by atomic mass is 28.4. The minimum atomic E-state index is -1.69. The summed E-state index contributed by atoms with van der Waals surface area (Å²) in [4.78, 5) is 11.0. The van der Waals surface area contributed by atoms with Crippen molar-refractivity contribution in [1.29, 1.82) is 0 Å². The molecule has 2 aromatic carbocycles. The topological polar surface area (TPSA) is 44.8 Å². The number of aryl methyl sites for hydroxylation is 2. The quantitative estimate of drug-likeness (QED) is 0.204. The van der Waals surface area contributed by atoms with Crippen LogP contribution in [0.3, 0.4) is 0 Å². The van der Waals surface area contributed by atoms with E-state index in [0.29, 0.717) is 5.75 Å². The van der Waals surface area contributed by atoms with Gasteiger partial charge in [0, 0.05) is 6.92 Å². The van der Waals surface area contributed by atoms with Crippen LogP contribution in [0.5, 0.6) is 11.5 Å². The summed E-state index contributed by atoms with van der Waals surface area (Å²) in [6, 6.07) is 18.6. The van der Waals surface area contributed by atoms with Crippen molar-refractivity contribution in [2.45, 2.75) is 70.9 Å². The highest BCUT2D eigenvalue weighted by Crippen LogP contribution is 2.26. The summed E-state index contributed by atoms with van der Waals surface area (Å²) in [5.41, 5.74) is 2.64. The van der Waals surface area contributed by atoms with Gasteiger partial charge in [-0.2, -0.15) is 0 Å². The van der Waals surface area contributed by atoms with Gasteiger partial charge in [0.15, 0.2) is 16.6 Å². The van der Waals surface area contributed by atoms with Gasteiger partial charge in [0.2, 0.25) is 0 Å². The highest BCUT2D eigenvalue weighted by molar-refractivity contribution is 6.84. The molecule has 0 heterocycles. The molecule has 0 atom stereocenters. The van der Waals surface area contributed by atoms with Gasteiger partial charge in [-0.3, -0.25) is 4.79 Å². The summed E-state index contributed by atoms with van der Waals surface area (Å²) < 4.78 is 17.1. The van der Waals surface area contributed by atoms with E-state index in [9.17, 15) is 4.79 Å². The van der Waals surface area contributed by atoms with E-state index < -0.39 is 16.6 Å². The predicted molar refractivity (Wildman–Crippen MR) is 133 cm³/mol. The molecule has 0 bridgehead atoms. The first-order chi connectivity index (χ1) is 14.6. The number of hydrogen-bond donors (Lipinski definition) is 0. The first-order valence-corrected chi connectivity index (χ1v) is 17.4. The lowest BCUT2D eigenvalue weighted by Gasteiger charge is -2.34. The summed E-state index contributed by atoms with van der Waals surface area (Å²) in [6.07, 6.45) is 4.42. The molecule has 2 aromatic rings. The molecular formula is C25H38O4Si2. The van der Waals surface area contributed by atoms with Crippen LogP contribution in [0.1, 0.15) is 30.9 Å². The van der Waals surface area contributed by atoms with E-state index in [1.165, 1.54) is 30.5 Å². The van der Waals surface area contributed by atoms with Crippen molar-refractivity contribution in [1.82, 2.24) is 0 Å². The summed E-state index contributed by atoms with van der Waals surface area (Å²) in [6.45, 7) is 10.9. The average Bonchev–Trinajstić information content (AvgIpc) is 2.68.